The Bertz CT molecular complexity index is 438. The third-order valence-corrected chi connectivity index (χ3v) is 3.79. The highest BCUT2D eigenvalue weighted by Gasteiger charge is 2.49. The topological polar surface area (TPSA) is 72.3 Å². The summed E-state index contributed by atoms with van der Waals surface area (Å²) in [6.45, 7) is 2.02. The molecule has 1 aliphatic carbocycles. The van der Waals surface area contributed by atoms with Crippen LogP contribution in [0.5, 0.6) is 0 Å². The summed E-state index contributed by atoms with van der Waals surface area (Å²) in [5, 5.41) is 0. The summed E-state index contributed by atoms with van der Waals surface area (Å²) in [5.74, 6) is 0. The standard InChI is InChI=1S/C13H19N3O/c1-9(14)13(7-8-13)10-5-3-4-6-11(10)16(2)12(15)17/h3-6,9H,7-8,14H2,1-2H3,(H2,15,17). The number of anilines is 1. The van der Waals surface area contributed by atoms with Gasteiger partial charge in [-0.15, -0.1) is 0 Å². The monoisotopic (exact) mass is 233 g/mol. The number of hydrogen-bond acceptors (Lipinski definition) is 2. The van der Waals surface area contributed by atoms with Crippen LogP contribution in [0, 0.1) is 0 Å². The summed E-state index contributed by atoms with van der Waals surface area (Å²) in [6.07, 6.45) is 2.16. The first kappa shape index (κ1) is 11.9. The molecular formula is C13H19N3O. The summed E-state index contributed by atoms with van der Waals surface area (Å²) >= 11 is 0. The van der Waals surface area contributed by atoms with Gasteiger partial charge in [0.05, 0.1) is 0 Å². The van der Waals surface area contributed by atoms with Gasteiger partial charge in [-0.05, 0) is 31.4 Å². The summed E-state index contributed by atoms with van der Waals surface area (Å²) in [5.41, 5.74) is 13.4. The van der Waals surface area contributed by atoms with Gasteiger partial charge in [-0.2, -0.15) is 0 Å². The van der Waals surface area contributed by atoms with Crippen LogP contribution in [0.2, 0.25) is 0 Å². The molecule has 92 valence electrons. The van der Waals surface area contributed by atoms with E-state index in [1.54, 1.807) is 7.05 Å². The van der Waals surface area contributed by atoms with Gasteiger partial charge in [0.25, 0.3) is 0 Å². The van der Waals surface area contributed by atoms with Crippen LogP contribution >= 0.6 is 0 Å². The number of hydrogen-bond donors (Lipinski definition) is 2. The maximum absolute atomic E-state index is 11.3. The predicted octanol–water partition coefficient (Wildman–Crippen LogP) is 1.58. The van der Waals surface area contributed by atoms with Crippen molar-refractivity contribution in [3.63, 3.8) is 0 Å². The molecular weight excluding hydrogens is 214 g/mol. The minimum absolute atomic E-state index is 0.0281. The molecule has 1 fully saturated rings. The molecule has 0 radical (unpaired) electrons. The van der Waals surface area contributed by atoms with Crippen LogP contribution < -0.4 is 16.4 Å². The van der Waals surface area contributed by atoms with Crippen LogP contribution in [-0.2, 0) is 5.41 Å². The van der Waals surface area contributed by atoms with Crippen molar-refractivity contribution in [3.05, 3.63) is 29.8 Å². The molecule has 2 amide bonds. The van der Waals surface area contributed by atoms with Gasteiger partial charge in [0.15, 0.2) is 0 Å². The van der Waals surface area contributed by atoms with Crippen molar-refractivity contribution in [2.75, 3.05) is 11.9 Å². The van der Waals surface area contributed by atoms with Gasteiger partial charge in [-0.1, -0.05) is 18.2 Å². The average molecular weight is 233 g/mol. The first-order valence-corrected chi connectivity index (χ1v) is 5.87. The second-order valence-corrected chi connectivity index (χ2v) is 4.86. The average Bonchev–Trinajstić information content (AvgIpc) is 3.09. The third-order valence-electron chi connectivity index (χ3n) is 3.79. The minimum atomic E-state index is -0.446. The molecule has 1 aromatic rings. The number of nitrogens with zero attached hydrogens (tertiary/aromatic N) is 1. The number of benzene rings is 1. The molecule has 1 aromatic carbocycles. The van der Waals surface area contributed by atoms with Crippen LogP contribution in [0.25, 0.3) is 0 Å². The smallest absolute Gasteiger partial charge is 0.319 e. The molecule has 1 saturated carbocycles. The fraction of sp³-hybridized carbons (Fsp3) is 0.462. The van der Waals surface area contributed by atoms with Crippen LogP contribution in [0.15, 0.2) is 24.3 Å². The Hall–Kier alpha value is -1.55. The van der Waals surface area contributed by atoms with Gasteiger partial charge >= 0.3 is 6.03 Å². The lowest BCUT2D eigenvalue weighted by Gasteiger charge is -2.26. The van der Waals surface area contributed by atoms with E-state index in [-0.39, 0.29) is 11.5 Å². The highest BCUT2D eigenvalue weighted by Crippen LogP contribution is 2.52. The van der Waals surface area contributed by atoms with Crippen molar-refractivity contribution in [3.8, 4) is 0 Å². The van der Waals surface area contributed by atoms with E-state index in [1.165, 1.54) is 4.90 Å². The molecule has 0 spiro atoms. The summed E-state index contributed by atoms with van der Waals surface area (Å²) in [7, 11) is 1.69. The van der Waals surface area contributed by atoms with Gasteiger partial charge in [0.1, 0.15) is 0 Å². The van der Waals surface area contributed by atoms with E-state index in [0.717, 1.165) is 24.1 Å². The number of nitrogens with two attached hydrogens (primary N) is 2. The molecule has 17 heavy (non-hydrogen) atoms. The SMILES string of the molecule is CC(N)C1(c2ccccc2N(C)C(N)=O)CC1. The van der Waals surface area contributed by atoms with Crippen LogP contribution in [-0.4, -0.2) is 19.1 Å². The number of primary amides is 1. The predicted molar refractivity (Wildman–Crippen MR) is 69.0 cm³/mol. The number of urea groups is 1. The first-order valence-electron chi connectivity index (χ1n) is 5.87. The normalized spacial score (nSPS) is 18.5. The summed E-state index contributed by atoms with van der Waals surface area (Å²) < 4.78 is 0. The maximum Gasteiger partial charge on any atom is 0.319 e. The van der Waals surface area contributed by atoms with Gasteiger partial charge in [-0.25, -0.2) is 4.79 Å². The molecule has 0 aliphatic heterocycles. The van der Waals surface area contributed by atoms with Crippen LogP contribution in [0.4, 0.5) is 10.5 Å². The number of para-hydroxylation sites is 1. The van der Waals surface area contributed by atoms with Gasteiger partial charge < -0.3 is 11.5 Å². The number of carbonyl (C=O) groups is 1. The Morgan fingerprint density at radius 3 is 2.47 bits per heavy atom. The van der Waals surface area contributed by atoms with E-state index >= 15 is 0 Å². The Kier molecular flexibility index (Phi) is 2.83. The van der Waals surface area contributed by atoms with Crippen molar-refractivity contribution < 1.29 is 4.79 Å². The lowest BCUT2D eigenvalue weighted by Crippen LogP contribution is -2.36. The zero-order chi connectivity index (χ0) is 12.6. The van der Waals surface area contributed by atoms with E-state index in [1.807, 2.05) is 31.2 Å². The zero-order valence-electron chi connectivity index (χ0n) is 10.3. The maximum atomic E-state index is 11.3. The van der Waals surface area contributed by atoms with Crippen molar-refractivity contribution in [1.29, 1.82) is 0 Å². The van der Waals surface area contributed by atoms with E-state index in [9.17, 15) is 4.79 Å². The molecule has 4 heteroatoms. The van der Waals surface area contributed by atoms with E-state index in [4.69, 9.17) is 11.5 Å². The van der Waals surface area contributed by atoms with Crippen molar-refractivity contribution in [1.82, 2.24) is 0 Å². The van der Waals surface area contributed by atoms with Crippen LogP contribution in [0.1, 0.15) is 25.3 Å². The van der Waals surface area contributed by atoms with Gasteiger partial charge in [0, 0.05) is 24.2 Å². The molecule has 1 atom stereocenters. The Labute approximate surface area is 102 Å². The molecule has 1 aliphatic rings. The quantitative estimate of drug-likeness (QED) is 0.832. The fourth-order valence-electron chi connectivity index (χ4n) is 2.41. The summed E-state index contributed by atoms with van der Waals surface area (Å²) in [6, 6.07) is 7.50. The molecule has 2 rings (SSSR count). The third kappa shape index (κ3) is 1.89. The fourth-order valence-corrected chi connectivity index (χ4v) is 2.41. The van der Waals surface area contributed by atoms with Crippen molar-refractivity contribution in [2.24, 2.45) is 11.5 Å². The van der Waals surface area contributed by atoms with Gasteiger partial charge in [0.2, 0.25) is 0 Å². The molecule has 0 bridgehead atoms. The molecule has 0 saturated heterocycles. The Morgan fingerprint density at radius 2 is 2.00 bits per heavy atom. The van der Waals surface area contributed by atoms with E-state index < -0.39 is 6.03 Å². The van der Waals surface area contributed by atoms with Crippen LogP contribution in [0.3, 0.4) is 0 Å². The van der Waals surface area contributed by atoms with E-state index in [0.29, 0.717) is 0 Å². The number of rotatable bonds is 3. The second kappa shape index (κ2) is 4.04. The lowest BCUT2D eigenvalue weighted by atomic mass is 9.88. The number of amides is 2. The highest BCUT2D eigenvalue weighted by molar-refractivity contribution is 5.91. The molecule has 4 nitrogen and oxygen atoms in total. The second-order valence-electron chi connectivity index (χ2n) is 4.86. The lowest BCUT2D eigenvalue weighted by molar-refractivity contribution is 0.255. The Balaban J connectivity index is 2.45. The largest absolute Gasteiger partial charge is 0.351 e. The molecule has 0 aromatic heterocycles. The highest BCUT2D eigenvalue weighted by atomic mass is 16.2. The number of carbonyl (C=O) groups excluding carboxylic acids is 1. The first-order chi connectivity index (χ1) is 7.99. The van der Waals surface area contributed by atoms with Crippen molar-refractivity contribution >= 4 is 11.7 Å². The van der Waals surface area contributed by atoms with Crippen molar-refractivity contribution in [2.45, 2.75) is 31.2 Å². The molecule has 4 N–H and O–H groups in total. The molecule has 1 unspecified atom stereocenters. The van der Waals surface area contributed by atoms with Gasteiger partial charge in [-0.3, -0.25) is 4.90 Å². The molecule has 0 heterocycles. The Morgan fingerprint density at radius 1 is 1.41 bits per heavy atom. The minimum Gasteiger partial charge on any atom is -0.351 e. The summed E-state index contributed by atoms with van der Waals surface area (Å²) in [4.78, 5) is 12.8. The zero-order valence-corrected chi connectivity index (χ0v) is 10.3. The van der Waals surface area contributed by atoms with E-state index in [2.05, 4.69) is 0 Å².